The third-order valence-electron chi connectivity index (χ3n) is 3.18. The molecule has 21 heavy (non-hydrogen) atoms. The number of carbonyl (C=O) groups excluding carboxylic acids is 1. The Balaban J connectivity index is 2.76. The van der Waals surface area contributed by atoms with E-state index in [0.717, 1.165) is 17.7 Å². The molecular weight excluding hydrogens is 262 g/mol. The highest BCUT2D eigenvalue weighted by atomic mass is 16.5. The number of ether oxygens (including phenoxy) is 1. The van der Waals surface area contributed by atoms with E-state index in [1.165, 1.54) is 0 Å². The van der Waals surface area contributed by atoms with Gasteiger partial charge in [0, 0.05) is 12.0 Å². The van der Waals surface area contributed by atoms with Crippen molar-refractivity contribution >= 4 is 5.78 Å². The molecule has 1 aromatic carbocycles. The monoisotopic (exact) mass is 291 g/mol. The summed E-state index contributed by atoms with van der Waals surface area (Å²) in [5.41, 5.74) is 1.15. The summed E-state index contributed by atoms with van der Waals surface area (Å²) in [6.07, 6.45) is 0.894. The van der Waals surface area contributed by atoms with E-state index >= 15 is 0 Å². The number of ketones is 1. The topological polar surface area (TPSA) is 38.3 Å². The highest BCUT2D eigenvalue weighted by Crippen LogP contribution is 2.16. The van der Waals surface area contributed by atoms with Crippen LogP contribution in [-0.2, 0) is 11.2 Å². The Labute approximate surface area is 129 Å². The van der Waals surface area contributed by atoms with Crippen LogP contribution in [0.3, 0.4) is 0 Å². The van der Waals surface area contributed by atoms with Gasteiger partial charge in [0.15, 0.2) is 5.78 Å². The number of hydrogen-bond acceptors (Lipinski definition) is 3. The maximum Gasteiger partial charge on any atom is 0.152 e. The maximum absolute atomic E-state index is 12.3. The molecule has 0 spiro atoms. The summed E-state index contributed by atoms with van der Waals surface area (Å²) >= 11 is 0. The van der Waals surface area contributed by atoms with Crippen LogP contribution in [-0.4, -0.2) is 24.0 Å². The molecule has 118 valence electrons. The molecule has 1 aromatic rings. The van der Waals surface area contributed by atoms with Crippen molar-refractivity contribution in [3.05, 3.63) is 29.8 Å². The fourth-order valence-corrected chi connectivity index (χ4v) is 2.26. The van der Waals surface area contributed by atoms with Gasteiger partial charge in [0.25, 0.3) is 0 Å². The molecule has 0 aliphatic carbocycles. The van der Waals surface area contributed by atoms with E-state index in [-0.39, 0.29) is 23.8 Å². The lowest BCUT2D eigenvalue weighted by Gasteiger charge is -2.22. The summed E-state index contributed by atoms with van der Waals surface area (Å²) in [5.74, 6) is 1.19. The molecule has 3 nitrogen and oxygen atoms in total. The van der Waals surface area contributed by atoms with Crippen LogP contribution in [0.2, 0.25) is 0 Å². The highest BCUT2D eigenvalue weighted by molar-refractivity contribution is 5.86. The minimum Gasteiger partial charge on any atom is -0.491 e. The second-order valence-corrected chi connectivity index (χ2v) is 6.45. The Kier molecular flexibility index (Phi) is 6.90. The van der Waals surface area contributed by atoms with E-state index in [1.54, 1.807) is 0 Å². The van der Waals surface area contributed by atoms with Crippen molar-refractivity contribution < 1.29 is 9.53 Å². The molecule has 0 aliphatic heterocycles. The van der Waals surface area contributed by atoms with Crippen molar-refractivity contribution in [3.8, 4) is 5.75 Å². The van der Waals surface area contributed by atoms with E-state index in [1.807, 2.05) is 52.0 Å². The summed E-state index contributed by atoms with van der Waals surface area (Å²) in [6.45, 7) is 12.1. The van der Waals surface area contributed by atoms with Crippen molar-refractivity contribution in [3.63, 3.8) is 0 Å². The molecule has 0 amide bonds. The molecule has 0 aromatic heterocycles. The summed E-state index contributed by atoms with van der Waals surface area (Å²) < 4.78 is 5.64. The van der Waals surface area contributed by atoms with Gasteiger partial charge in [0.2, 0.25) is 0 Å². The SMILES string of the molecule is CC(C)NC(Cc1ccc(OC(C)C)cc1)C(=O)C(C)C. The Morgan fingerprint density at radius 1 is 1.05 bits per heavy atom. The zero-order valence-electron chi connectivity index (χ0n) is 14.1. The molecule has 0 saturated heterocycles. The smallest absolute Gasteiger partial charge is 0.152 e. The van der Waals surface area contributed by atoms with Crippen LogP contribution in [0.25, 0.3) is 0 Å². The lowest BCUT2D eigenvalue weighted by Crippen LogP contribution is -2.44. The minimum atomic E-state index is -0.123. The quantitative estimate of drug-likeness (QED) is 0.795. The Morgan fingerprint density at radius 3 is 2.05 bits per heavy atom. The molecule has 1 rings (SSSR count). The first kappa shape index (κ1) is 17.7. The second-order valence-electron chi connectivity index (χ2n) is 6.45. The van der Waals surface area contributed by atoms with Crippen LogP contribution in [0, 0.1) is 5.92 Å². The van der Waals surface area contributed by atoms with Crippen LogP contribution in [0.15, 0.2) is 24.3 Å². The Bertz CT molecular complexity index is 435. The molecule has 0 bridgehead atoms. The summed E-state index contributed by atoms with van der Waals surface area (Å²) in [7, 11) is 0. The van der Waals surface area contributed by atoms with Crippen molar-refractivity contribution in [1.29, 1.82) is 0 Å². The van der Waals surface area contributed by atoms with E-state index in [2.05, 4.69) is 19.2 Å². The molecule has 1 N–H and O–H groups in total. The average molecular weight is 291 g/mol. The van der Waals surface area contributed by atoms with Crippen molar-refractivity contribution in [2.75, 3.05) is 0 Å². The molecule has 1 atom stereocenters. The van der Waals surface area contributed by atoms with Gasteiger partial charge in [-0.2, -0.15) is 0 Å². The van der Waals surface area contributed by atoms with E-state index in [0.29, 0.717) is 6.04 Å². The van der Waals surface area contributed by atoms with Gasteiger partial charge >= 0.3 is 0 Å². The van der Waals surface area contributed by atoms with Crippen LogP contribution in [0.4, 0.5) is 0 Å². The Hall–Kier alpha value is -1.35. The number of nitrogens with one attached hydrogen (secondary N) is 1. The van der Waals surface area contributed by atoms with Gasteiger partial charge in [-0.1, -0.05) is 39.8 Å². The van der Waals surface area contributed by atoms with Crippen molar-refractivity contribution in [2.45, 2.75) is 66.2 Å². The van der Waals surface area contributed by atoms with Crippen LogP contribution >= 0.6 is 0 Å². The minimum absolute atomic E-state index is 0.0461. The van der Waals surface area contributed by atoms with Gasteiger partial charge in [-0.3, -0.25) is 4.79 Å². The zero-order chi connectivity index (χ0) is 16.0. The molecule has 0 fully saturated rings. The second kappa shape index (κ2) is 8.18. The van der Waals surface area contributed by atoms with E-state index in [9.17, 15) is 4.79 Å². The van der Waals surface area contributed by atoms with Gasteiger partial charge in [0.05, 0.1) is 12.1 Å². The molecular formula is C18H29NO2. The normalized spacial score (nSPS) is 13.0. The largest absolute Gasteiger partial charge is 0.491 e. The molecule has 0 radical (unpaired) electrons. The molecule has 3 heteroatoms. The van der Waals surface area contributed by atoms with Gasteiger partial charge in [-0.05, 0) is 38.0 Å². The third kappa shape index (κ3) is 6.30. The predicted molar refractivity (Wildman–Crippen MR) is 87.8 cm³/mol. The molecule has 0 aliphatic rings. The predicted octanol–water partition coefficient (Wildman–Crippen LogP) is 3.61. The fraction of sp³-hybridized carbons (Fsp3) is 0.611. The molecule has 0 heterocycles. The summed E-state index contributed by atoms with van der Waals surface area (Å²) in [4.78, 5) is 12.3. The van der Waals surface area contributed by atoms with E-state index < -0.39 is 0 Å². The first-order chi connectivity index (χ1) is 9.79. The Morgan fingerprint density at radius 2 is 1.62 bits per heavy atom. The van der Waals surface area contributed by atoms with Crippen LogP contribution < -0.4 is 10.1 Å². The number of rotatable bonds is 8. The third-order valence-corrected chi connectivity index (χ3v) is 3.18. The first-order valence-electron chi connectivity index (χ1n) is 7.85. The van der Waals surface area contributed by atoms with E-state index in [4.69, 9.17) is 4.74 Å². The van der Waals surface area contributed by atoms with Gasteiger partial charge in [-0.25, -0.2) is 0 Å². The lowest BCUT2D eigenvalue weighted by molar-refractivity contribution is -0.124. The fourth-order valence-electron chi connectivity index (χ4n) is 2.26. The van der Waals surface area contributed by atoms with Crippen LogP contribution in [0.5, 0.6) is 5.75 Å². The first-order valence-corrected chi connectivity index (χ1v) is 7.85. The van der Waals surface area contributed by atoms with Crippen molar-refractivity contribution in [2.24, 2.45) is 5.92 Å². The lowest BCUT2D eigenvalue weighted by atomic mass is 9.95. The van der Waals surface area contributed by atoms with Gasteiger partial charge in [0.1, 0.15) is 5.75 Å². The number of carbonyl (C=O) groups is 1. The maximum atomic E-state index is 12.3. The summed E-state index contributed by atoms with van der Waals surface area (Å²) in [6, 6.07) is 8.20. The van der Waals surface area contributed by atoms with Gasteiger partial charge < -0.3 is 10.1 Å². The molecule has 0 saturated carbocycles. The zero-order valence-corrected chi connectivity index (χ0v) is 14.1. The van der Waals surface area contributed by atoms with Gasteiger partial charge in [-0.15, -0.1) is 0 Å². The average Bonchev–Trinajstić information content (AvgIpc) is 2.38. The van der Waals surface area contributed by atoms with Crippen LogP contribution in [0.1, 0.15) is 47.1 Å². The summed E-state index contributed by atoms with van der Waals surface area (Å²) in [5, 5.41) is 3.38. The number of hydrogen-bond donors (Lipinski definition) is 1. The number of benzene rings is 1. The standard InChI is InChI=1S/C18H29NO2/c1-12(2)18(20)17(19-13(3)4)11-15-7-9-16(10-8-15)21-14(5)6/h7-10,12-14,17,19H,11H2,1-6H3. The highest BCUT2D eigenvalue weighted by Gasteiger charge is 2.22. The number of Topliss-reactive ketones (excluding diaryl/α,β-unsaturated/α-hetero) is 1. The van der Waals surface area contributed by atoms with Crippen molar-refractivity contribution in [1.82, 2.24) is 5.32 Å². The molecule has 1 unspecified atom stereocenters.